The van der Waals surface area contributed by atoms with E-state index in [0.29, 0.717) is 22.6 Å². The van der Waals surface area contributed by atoms with E-state index in [2.05, 4.69) is 32.9 Å². The van der Waals surface area contributed by atoms with Crippen LogP contribution in [0.2, 0.25) is 0 Å². The minimum absolute atomic E-state index is 0.139. The molecule has 0 aromatic heterocycles. The molecule has 2 amide bonds. The number of hydrogen-bond acceptors (Lipinski definition) is 6. The summed E-state index contributed by atoms with van der Waals surface area (Å²) in [5.74, 6) is 3.89. The smallest absolute Gasteiger partial charge is 0.331 e. The second-order valence-corrected chi connectivity index (χ2v) is 5.53. The quantitative estimate of drug-likeness (QED) is 0.301. The van der Waals surface area contributed by atoms with Crippen LogP contribution in [0, 0.1) is 24.7 Å². The van der Waals surface area contributed by atoms with Crippen molar-refractivity contribution in [3.8, 4) is 36.2 Å². The van der Waals surface area contributed by atoms with Crippen LogP contribution in [0.1, 0.15) is 11.1 Å². The Hall–Kier alpha value is -4.56. The Morgan fingerprint density at radius 3 is 1.67 bits per heavy atom. The Morgan fingerprint density at radius 1 is 0.833 bits per heavy atom. The predicted molar refractivity (Wildman–Crippen MR) is 113 cm³/mol. The molecule has 0 saturated heterocycles. The molecule has 0 unspecified atom stereocenters. The van der Waals surface area contributed by atoms with Gasteiger partial charge in [-0.3, -0.25) is 9.59 Å². The van der Waals surface area contributed by atoms with E-state index in [1.165, 1.54) is 12.4 Å². The molecule has 2 N–H and O–H groups in total. The van der Waals surface area contributed by atoms with E-state index in [9.17, 15) is 9.59 Å². The van der Waals surface area contributed by atoms with E-state index in [0.717, 1.165) is 0 Å². The Labute approximate surface area is 174 Å². The highest BCUT2D eigenvalue weighted by molar-refractivity contribution is 6.35. The number of terminal acetylenes is 2. The number of nitrogens with one attached hydrogen (secondary N) is 2. The highest BCUT2D eigenvalue weighted by Gasteiger charge is 2.11. The Bertz CT molecular complexity index is 948. The molecule has 0 fully saturated rings. The van der Waals surface area contributed by atoms with Crippen molar-refractivity contribution in [3.05, 3.63) is 59.7 Å². The minimum atomic E-state index is -0.978. The Morgan fingerprint density at radius 2 is 1.27 bits per heavy atom. The Kier molecular flexibility index (Phi) is 8.70. The van der Waals surface area contributed by atoms with Crippen LogP contribution in [0.25, 0.3) is 0 Å². The van der Waals surface area contributed by atoms with E-state index < -0.39 is 11.8 Å². The van der Waals surface area contributed by atoms with Crippen LogP contribution >= 0.6 is 0 Å². The summed E-state index contributed by atoms with van der Waals surface area (Å²) in [7, 11) is 0. The van der Waals surface area contributed by atoms with E-state index in [-0.39, 0.29) is 13.2 Å². The van der Waals surface area contributed by atoms with Gasteiger partial charge in [-0.15, -0.1) is 12.8 Å². The van der Waals surface area contributed by atoms with Gasteiger partial charge in [0, 0.05) is 0 Å². The number of carbonyl (C=O) groups is 2. The molecule has 0 saturated carbocycles. The average Bonchev–Trinajstić information content (AvgIpc) is 2.76. The monoisotopic (exact) mass is 402 g/mol. The van der Waals surface area contributed by atoms with Crippen molar-refractivity contribution in [2.24, 2.45) is 10.2 Å². The van der Waals surface area contributed by atoms with Gasteiger partial charge >= 0.3 is 11.8 Å². The number of ether oxygens (including phenoxy) is 2. The summed E-state index contributed by atoms with van der Waals surface area (Å²) in [6.45, 7) is 0.278. The maximum absolute atomic E-state index is 11.8. The molecule has 8 nitrogen and oxygen atoms in total. The molecule has 0 heterocycles. The molecule has 150 valence electrons. The second-order valence-electron chi connectivity index (χ2n) is 5.53. The molecular weight excluding hydrogens is 384 g/mol. The zero-order chi connectivity index (χ0) is 21.6. The van der Waals surface area contributed by atoms with Gasteiger partial charge in [-0.2, -0.15) is 10.2 Å². The van der Waals surface area contributed by atoms with Gasteiger partial charge in [-0.05, 0) is 35.4 Å². The number of nitrogens with zero attached hydrogens (tertiary/aromatic N) is 2. The molecule has 2 rings (SSSR count). The molecule has 0 radical (unpaired) electrons. The maximum atomic E-state index is 11.8. The summed E-state index contributed by atoms with van der Waals surface area (Å²) < 4.78 is 10.6. The minimum Gasteiger partial charge on any atom is -0.481 e. The lowest BCUT2D eigenvalue weighted by molar-refractivity contribution is -0.139. The van der Waals surface area contributed by atoms with Crippen molar-refractivity contribution in [3.63, 3.8) is 0 Å². The molecule has 0 atom stereocenters. The first kappa shape index (κ1) is 21.7. The number of hydrazone groups is 2. The number of rotatable bonds is 8. The zero-order valence-electron chi connectivity index (χ0n) is 15.9. The molecule has 0 bridgehead atoms. The lowest BCUT2D eigenvalue weighted by Crippen LogP contribution is -2.35. The lowest BCUT2D eigenvalue weighted by Gasteiger charge is -2.03. The molecule has 0 spiro atoms. The topological polar surface area (TPSA) is 101 Å². The highest BCUT2D eigenvalue weighted by Crippen LogP contribution is 2.12. The summed E-state index contributed by atoms with van der Waals surface area (Å²) in [5.41, 5.74) is 5.51. The van der Waals surface area contributed by atoms with Crippen LogP contribution in [0.15, 0.2) is 58.7 Å². The van der Waals surface area contributed by atoms with Crippen LogP contribution in [-0.4, -0.2) is 37.5 Å². The summed E-state index contributed by atoms with van der Waals surface area (Å²) in [4.78, 5) is 23.5. The SMILES string of the molecule is C#CCOc1cccc(/C=N\NC(=O)C(=O)N/N=C\c2cccc(OCC#C)c2)c1. The number of carbonyl (C=O) groups excluding carboxylic acids is 2. The maximum Gasteiger partial charge on any atom is 0.331 e. The highest BCUT2D eigenvalue weighted by atomic mass is 16.5. The van der Waals surface area contributed by atoms with Crippen molar-refractivity contribution in [1.29, 1.82) is 0 Å². The van der Waals surface area contributed by atoms with Gasteiger partial charge in [0.05, 0.1) is 12.4 Å². The molecule has 0 aliphatic rings. The van der Waals surface area contributed by atoms with Crippen molar-refractivity contribution in [1.82, 2.24) is 10.9 Å². The lowest BCUT2D eigenvalue weighted by atomic mass is 10.2. The fourth-order valence-electron chi connectivity index (χ4n) is 2.05. The third-order valence-corrected chi connectivity index (χ3v) is 3.33. The third-order valence-electron chi connectivity index (χ3n) is 3.33. The summed E-state index contributed by atoms with van der Waals surface area (Å²) in [6.07, 6.45) is 13.0. The molecule has 2 aromatic carbocycles. The van der Waals surface area contributed by atoms with Gasteiger partial charge in [0.15, 0.2) is 0 Å². The van der Waals surface area contributed by atoms with Crippen LogP contribution in [0.3, 0.4) is 0 Å². The largest absolute Gasteiger partial charge is 0.481 e. The van der Waals surface area contributed by atoms with Gasteiger partial charge in [0.25, 0.3) is 0 Å². The van der Waals surface area contributed by atoms with Crippen LogP contribution in [0.5, 0.6) is 11.5 Å². The number of hydrogen-bond donors (Lipinski definition) is 2. The Balaban J connectivity index is 1.83. The van der Waals surface area contributed by atoms with Crippen molar-refractivity contribution >= 4 is 24.2 Å². The van der Waals surface area contributed by atoms with E-state index in [4.69, 9.17) is 22.3 Å². The first-order valence-electron chi connectivity index (χ1n) is 8.61. The number of benzene rings is 2. The molecule has 8 heteroatoms. The van der Waals surface area contributed by atoms with Crippen LogP contribution in [0.4, 0.5) is 0 Å². The van der Waals surface area contributed by atoms with Gasteiger partial charge in [-0.1, -0.05) is 36.1 Å². The van der Waals surface area contributed by atoms with Gasteiger partial charge in [0.2, 0.25) is 0 Å². The molecule has 0 aliphatic carbocycles. The van der Waals surface area contributed by atoms with Gasteiger partial charge in [-0.25, -0.2) is 10.9 Å². The molecule has 30 heavy (non-hydrogen) atoms. The standard InChI is InChI=1S/C22H18N4O4/c1-3-11-29-19-9-5-7-17(13-19)15-23-25-21(27)22(28)26-24-16-18-8-6-10-20(14-18)30-12-4-2/h1-2,5-10,13-16H,11-12H2,(H,25,27)(H,26,28)/b23-15-,24-16-. The van der Waals surface area contributed by atoms with Crippen LogP contribution in [-0.2, 0) is 9.59 Å². The second kappa shape index (κ2) is 12.0. The first-order chi connectivity index (χ1) is 14.6. The fourth-order valence-corrected chi connectivity index (χ4v) is 2.05. The van der Waals surface area contributed by atoms with Crippen molar-refractivity contribution in [2.75, 3.05) is 13.2 Å². The van der Waals surface area contributed by atoms with Gasteiger partial charge < -0.3 is 9.47 Å². The predicted octanol–water partition coefficient (Wildman–Crippen LogP) is 1.31. The summed E-state index contributed by atoms with van der Waals surface area (Å²) in [5, 5.41) is 7.45. The van der Waals surface area contributed by atoms with Gasteiger partial charge in [0.1, 0.15) is 24.7 Å². The first-order valence-corrected chi connectivity index (χ1v) is 8.61. The third kappa shape index (κ3) is 7.59. The number of amides is 2. The summed E-state index contributed by atoms with van der Waals surface area (Å²) >= 11 is 0. The van der Waals surface area contributed by atoms with Crippen LogP contribution < -0.4 is 20.3 Å². The molecular formula is C22H18N4O4. The summed E-state index contributed by atoms with van der Waals surface area (Å²) in [6, 6.07) is 13.8. The van der Waals surface area contributed by atoms with E-state index in [1.54, 1.807) is 48.5 Å². The van der Waals surface area contributed by atoms with E-state index >= 15 is 0 Å². The normalized spacial score (nSPS) is 10.2. The molecule has 2 aromatic rings. The molecule has 0 aliphatic heterocycles. The fraction of sp³-hybridized carbons (Fsp3) is 0.0909. The van der Waals surface area contributed by atoms with Crippen molar-refractivity contribution < 1.29 is 19.1 Å². The zero-order valence-corrected chi connectivity index (χ0v) is 15.9. The average molecular weight is 402 g/mol. The van der Waals surface area contributed by atoms with E-state index in [1.807, 2.05) is 0 Å². The van der Waals surface area contributed by atoms with Crippen molar-refractivity contribution in [2.45, 2.75) is 0 Å².